The minimum Gasteiger partial charge on any atom is -0.338 e. The minimum atomic E-state index is 0.216. The fraction of sp³-hybridized carbons (Fsp3) is 0.450. The summed E-state index contributed by atoms with van der Waals surface area (Å²) in [4.78, 5) is 17.1. The van der Waals surface area contributed by atoms with E-state index in [0.717, 1.165) is 30.6 Å². The van der Waals surface area contributed by atoms with Crippen molar-refractivity contribution in [1.29, 1.82) is 0 Å². The highest BCUT2D eigenvalue weighted by molar-refractivity contribution is 7.17. The maximum absolute atomic E-state index is 12.9. The maximum Gasteiger partial charge on any atom is 0.263 e. The summed E-state index contributed by atoms with van der Waals surface area (Å²) in [5, 5.41) is 0. The van der Waals surface area contributed by atoms with Crippen molar-refractivity contribution in [3.8, 4) is 10.4 Å². The molecule has 0 radical (unpaired) electrons. The monoisotopic (exact) mass is 325 g/mol. The zero-order valence-corrected chi connectivity index (χ0v) is 14.5. The molecule has 2 aromatic rings. The van der Waals surface area contributed by atoms with Crippen LogP contribution >= 0.6 is 11.3 Å². The Kier molecular flexibility index (Phi) is 3.98. The molecule has 1 saturated carbocycles. The molecule has 2 nitrogen and oxygen atoms in total. The van der Waals surface area contributed by atoms with Crippen molar-refractivity contribution in [3.05, 3.63) is 46.3 Å². The van der Waals surface area contributed by atoms with Gasteiger partial charge in [0.15, 0.2) is 0 Å². The smallest absolute Gasteiger partial charge is 0.263 e. The molecule has 4 rings (SSSR count). The first kappa shape index (κ1) is 14.9. The molecule has 0 bridgehead atoms. The minimum absolute atomic E-state index is 0.216. The number of carbonyl (C=O) groups is 1. The van der Waals surface area contributed by atoms with Crippen molar-refractivity contribution in [2.75, 3.05) is 7.05 Å². The molecule has 0 spiro atoms. The van der Waals surface area contributed by atoms with E-state index in [1.54, 1.807) is 11.3 Å². The van der Waals surface area contributed by atoms with E-state index < -0.39 is 0 Å². The third-order valence-corrected chi connectivity index (χ3v) is 6.59. The Hall–Kier alpha value is -1.61. The molecule has 0 unspecified atom stereocenters. The molecule has 3 heteroatoms. The molecule has 23 heavy (non-hydrogen) atoms. The SMILES string of the molecule is CN(C(=O)c1cc2c(s1)-c1ccccc1CC2)C1CCCCC1. The van der Waals surface area contributed by atoms with Gasteiger partial charge in [0.1, 0.15) is 0 Å². The van der Waals surface area contributed by atoms with Crippen LogP contribution in [0.25, 0.3) is 10.4 Å². The van der Waals surface area contributed by atoms with Gasteiger partial charge in [0.25, 0.3) is 5.91 Å². The third kappa shape index (κ3) is 2.72. The van der Waals surface area contributed by atoms with Crippen LogP contribution in [0.2, 0.25) is 0 Å². The van der Waals surface area contributed by atoms with Crippen molar-refractivity contribution in [1.82, 2.24) is 4.90 Å². The number of benzene rings is 1. The van der Waals surface area contributed by atoms with Crippen LogP contribution in [0.1, 0.15) is 52.9 Å². The molecule has 0 saturated heterocycles. The highest BCUT2D eigenvalue weighted by Gasteiger charge is 2.26. The number of fused-ring (bicyclic) bond motifs is 3. The number of hydrogen-bond acceptors (Lipinski definition) is 2. The highest BCUT2D eigenvalue weighted by Crippen LogP contribution is 2.40. The molecule has 1 aromatic heterocycles. The lowest BCUT2D eigenvalue weighted by atomic mass is 9.91. The van der Waals surface area contributed by atoms with Gasteiger partial charge in [0.05, 0.1) is 4.88 Å². The summed E-state index contributed by atoms with van der Waals surface area (Å²) < 4.78 is 0. The quantitative estimate of drug-likeness (QED) is 0.767. The largest absolute Gasteiger partial charge is 0.338 e. The Bertz CT molecular complexity index is 727. The maximum atomic E-state index is 12.9. The van der Waals surface area contributed by atoms with Gasteiger partial charge in [0.2, 0.25) is 0 Å². The molecular formula is C20H23NOS. The third-order valence-electron chi connectivity index (χ3n) is 5.39. The predicted octanol–water partition coefficient (Wildman–Crippen LogP) is 4.92. The van der Waals surface area contributed by atoms with Crippen molar-refractivity contribution in [3.63, 3.8) is 0 Å². The first-order chi connectivity index (χ1) is 11.2. The Morgan fingerprint density at radius 3 is 2.65 bits per heavy atom. The van der Waals surface area contributed by atoms with Crippen LogP contribution in [0.4, 0.5) is 0 Å². The summed E-state index contributed by atoms with van der Waals surface area (Å²) >= 11 is 1.69. The lowest BCUT2D eigenvalue weighted by Gasteiger charge is -2.30. The average molecular weight is 325 g/mol. The van der Waals surface area contributed by atoms with Gasteiger partial charge in [-0.1, -0.05) is 43.5 Å². The second-order valence-electron chi connectivity index (χ2n) is 6.83. The van der Waals surface area contributed by atoms with Crippen molar-refractivity contribution >= 4 is 17.2 Å². The Morgan fingerprint density at radius 1 is 1.09 bits per heavy atom. The number of thiophene rings is 1. The van der Waals surface area contributed by atoms with Crippen LogP contribution in [0.3, 0.4) is 0 Å². The molecule has 1 heterocycles. The van der Waals surface area contributed by atoms with Gasteiger partial charge in [-0.25, -0.2) is 0 Å². The fourth-order valence-electron chi connectivity index (χ4n) is 3.98. The van der Waals surface area contributed by atoms with Crippen LogP contribution in [0.15, 0.2) is 30.3 Å². The van der Waals surface area contributed by atoms with Crippen molar-refractivity contribution in [2.24, 2.45) is 0 Å². The number of nitrogens with zero attached hydrogens (tertiary/aromatic N) is 1. The molecule has 0 aliphatic heterocycles. The van der Waals surface area contributed by atoms with Crippen LogP contribution in [-0.2, 0) is 12.8 Å². The fourth-order valence-corrected chi connectivity index (χ4v) is 5.24. The summed E-state index contributed by atoms with van der Waals surface area (Å²) in [7, 11) is 1.99. The van der Waals surface area contributed by atoms with Crippen LogP contribution < -0.4 is 0 Å². The van der Waals surface area contributed by atoms with Gasteiger partial charge in [-0.15, -0.1) is 11.3 Å². The van der Waals surface area contributed by atoms with Crippen LogP contribution in [0.5, 0.6) is 0 Å². The molecule has 1 fully saturated rings. The second kappa shape index (κ2) is 6.12. The number of carbonyl (C=O) groups excluding carboxylic acids is 1. The van der Waals surface area contributed by atoms with Crippen LogP contribution in [-0.4, -0.2) is 23.9 Å². The Morgan fingerprint density at radius 2 is 1.83 bits per heavy atom. The van der Waals surface area contributed by atoms with E-state index >= 15 is 0 Å². The molecule has 0 N–H and O–H groups in total. The summed E-state index contributed by atoms with van der Waals surface area (Å²) in [6, 6.07) is 11.2. The van der Waals surface area contributed by atoms with E-state index in [2.05, 4.69) is 30.3 Å². The van der Waals surface area contributed by atoms with E-state index in [4.69, 9.17) is 0 Å². The lowest BCUT2D eigenvalue weighted by molar-refractivity contribution is 0.0701. The van der Waals surface area contributed by atoms with Crippen molar-refractivity contribution < 1.29 is 4.79 Å². The van der Waals surface area contributed by atoms with E-state index in [1.807, 2.05) is 11.9 Å². The van der Waals surface area contributed by atoms with Gasteiger partial charge < -0.3 is 4.90 Å². The molecule has 2 aliphatic rings. The van der Waals surface area contributed by atoms with Gasteiger partial charge in [-0.3, -0.25) is 4.79 Å². The highest BCUT2D eigenvalue weighted by atomic mass is 32.1. The zero-order chi connectivity index (χ0) is 15.8. The van der Waals surface area contributed by atoms with Gasteiger partial charge in [-0.05, 0) is 48.4 Å². The van der Waals surface area contributed by atoms with Gasteiger partial charge >= 0.3 is 0 Å². The molecule has 2 aliphatic carbocycles. The summed E-state index contributed by atoms with van der Waals surface area (Å²) in [5.41, 5.74) is 4.11. The standard InChI is InChI=1S/C20H23NOS/c1-21(16-8-3-2-4-9-16)20(22)18-13-15-12-11-14-7-5-6-10-17(14)19(15)23-18/h5-7,10,13,16H,2-4,8-9,11-12H2,1H3. The zero-order valence-electron chi connectivity index (χ0n) is 13.7. The topological polar surface area (TPSA) is 20.3 Å². The number of rotatable bonds is 2. The average Bonchev–Trinajstić information content (AvgIpc) is 3.06. The van der Waals surface area contributed by atoms with Crippen molar-refractivity contribution in [2.45, 2.75) is 51.0 Å². The lowest BCUT2D eigenvalue weighted by Crippen LogP contribution is -2.37. The summed E-state index contributed by atoms with van der Waals surface area (Å²) in [6.45, 7) is 0. The van der Waals surface area contributed by atoms with Gasteiger partial charge in [0, 0.05) is 18.0 Å². The van der Waals surface area contributed by atoms with Gasteiger partial charge in [-0.2, -0.15) is 0 Å². The summed E-state index contributed by atoms with van der Waals surface area (Å²) in [6.07, 6.45) is 8.32. The number of amides is 1. The van der Waals surface area contributed by atoms with E-state index in [1.165, 1.54) is 40.8 Å². The number of hydrogen-bond donors (Lipinski definition) is 0. The Balaban J connectivity index is 1.62. The van der Waals surface area contributed by atoms with E-state index in [0.29, 0.717) is 6.04 Å². The van der Waals surface area contributed by atoms with E-state index in [-0.39, 0.29) is 5.91 Å². The molecule has 120 valence electrons. The normalized spacial score (nSPS) is 17.4. The first-order valence-corrected chi connectivity index (χ1v) is 9.54. The molecule has 0 atom stereocenters. The Labute approximate surface area is 142 Å². The number of aryl methyl sites for hydroxylation is 2. The van der Waals surface area contributed by atoms with Crippen LogP contribution in [0, 0.1) is 0 Å². The summed E-state index contributed by atoms with van der Waals surface area (Å²) in [5.74, 6) is 0.216. The first-order valence-electron chi connectivity index (χ1n) is 8.72. The second-order valence-corrected chi connectivity index (χ2v) is 7.88. The van der Waals surface area contributed by atoms with E-state index in [9.17, 15) is 4.79 Å². The molecular weight excluding hydrogens is 302 g/mol. The molecule has 1 aromatic carbocycles. The predicted molar refractivity (Wildman–Crippen MR) is 96.1 cm³/mol. The molecule has 1 amide bonds.